The van der Waals surface area contributed by atoms with Gasteiger partial charge in [-0.1, -0.05) is 0 Å². The Labute approximate surface area is 121 Å². The first kappa shape index (κ1) is 13.0. The van der Waals surface area contributed by atoms with E-state index >= 15 is 0 Å². The summed E-state index contributed by atoms with van der Waals surface area (Å²) < 4.78 is 0. The summed E-state index contributed by atoms with van der Waals surface area (Å²) in [6.45, 7) is 0. The summed E-state index contributed by atoms with van der Waals surface area (Å²) in [5.74, 6) is 0.706. The van der Waals surface area contributed by atoms with Crippen LogP contribution >= 0.6 is 0 Å². The Balaban J connectivity index is 1.92. The first-order valence-electron chi connectivity index (χ1n) is 6.33. The number of imide groups is 1. The van der Waals surface area contributed by atoms with Gasteiger partial charge in [0.15, 0.2) is 0 Å². The lowest BCUT2D eigenvalue weighted by atomic mass is 10.1. The van der Waals surface area contributed by atoms with Gasteiger partial charge in [-0.05, 0) is 18.2 Å². The Bertz CT molecular complexity index is 744. The van der Waals surface area contributed by atoms with Crippen LogP contribution in [-0.2, 0) is 0 Å². The van der Waals surface area contributed by atoms with Crippen LogP contribution in [-0.4, -0.2) is 40.8 Å². The fourth-order valence-electron chi connectivity index (χ4n) is 2.15. The van der Waals surface area contributed by atoms with Gasteiger partial charge in [0.05, 0.1) is 11.1 Å². The van der Waals surface area contributed by atoms with E-state index in [0.717, 1.165) is 4.90 Å². The van der Waals surface area contributed by atoms with Gasteiger partial charge in [-0.2, -0.15) is 0 Å². The minimum atomic E-state index is -0.294. The maximum Gasteiger partial charge on any atom is 0.261 e. The summed E-state index contributed by atoms with van der Waals surface area (Å²) in [6.07, 6.45) is 1.43. The lowest BCUT2D eigenvalue weighted by molar-refractivity contribution is 0.0693. The highest BCUT2D eigenvalue weighted by Gasteiger charge is 2.32. The molecule has 3 rings (SSSR count). The molecule has 1 aliphatic rings. The van der Waals surface area contributed by atoms with Crippen LogP contribution < -0.4 is 10.6 Å². The monoisotopic (exact) mass is 283 g/mol. The average molecular weight is 283 g/mol. The SMILES string of the molecule is CNc1cc(Nc2ccc3c(c2)C(=O)N(C)C3=O)ncn1. The Kier molecular flexibility index (Phi) is 3.02. The minimum Gasteiger partial charge on any atom is -0.373 e. The lowest BCUT2D eigenvalue weighted by Crippen LogP contribution is -2.24. The zero-order valence-corrected chi connectivity index (χ0v) is 11.5. The molecule has 2 aromatic rings. The van der Waals surface area contributed by atoms with Crippen LogP contribution in [0, 0.1) is 0 Å². The molecule has 1 aliphatic heterocycles. The van der Waals surface area contributed by atoms with Crippen molar-refractivity contribution < 1.29 is 9.59 Å². The quantitative estimate of drug-likeness (QED) is 0.830. The number of carbonyl (C=O) groups is 2. The Morgan fingerprint density at radius 3 is 2.48 bits per heavy atom. The van der Waals surface area contributed by atoms with Crippen molar-refractivity contribution in [1.29, 1.82) is 0 Å². The third kappa shape index (κ3) is 2.18. The number of carbonyl (C=O) groups excluding carboxylic acids is 2. The molecule has 0 saturated heterocycles. The molecule has 7 heteroatoms. The highest BCUT2D eigenvalue weighted by Crippen LogP contribution is 2.26. The molecule has 0 fully saturated rings. The smallest absolute Gasteiger partial charge is 0.261 e. The number of rotatable bonds is 3. The van der Waals surface area contributed by atoms with Crippen molar-refractivity contribution >= 4 is 29.1 Å². The van der Waals surface area contributed by atoms with Crippen molar-refractivity contribution in [3.63, 3.8) is 0 Å². The van der Waals surface area contributed by atoms with E-state index in [9.17, 15) is 9.59 Å². The Morgan fingerprint density at radius 1 is 1.00 bits per heavy atom. The topological polar surface area (TPSA) is 87.2 Å². The van der Waals surface area contributed by atoms with Gasteiger partial charge in [-0.15, -0.1) is 0 Å². The molecule has 7 nitrogen and oxygen atoms in total. The van der Waals surface area contributed by atoms with Gasteiger partial charge in [0, 0.05) is 25.8 Å². The van der Waals surface area contributed by atoms with Crippen molar-refractivity contribution in [2.75, 3.05) is 24.7 Å². The summed E-state index contributed by atoms with van der Waals surface area (Å²) in [6, 6.07) is 6.78. The first-order chi connectivity index (χ1) is 10.1. The fraction of sp³-hybridized carbons (Fsp3) is 0.143. The second kappa shape index (κ2) is 4.86. The van der Waals surface area contributed by atoms with E-state index < -0.39 is 0 Å². The number of benzene rings is 1. The van der Waals surface area contributed by atoms with Gasteiger partial charge in [-0.3, -0.25) is 14.5 Å². The Morgan fingerprint density at radius 2 is 1.71 bits per heavy atom. The molecule has 2 amide bonds. The van der Waals surface area contributed by atoms with Crippen molar-refractivity contribution in [3.05, 3.63) is 41.7 Å². The highest BCUT2D eigenvalue weighted by atomic mass is 16.2. The lowest BCUT2D eigenvalue weighted by Gasteiger charge is -2.07. The van der Waals surface area contributed by atoms with Crippen LogP contribution in [0.3, 0.4) is 0 Å². The molecule has 0 saturated carbocycles. The highest BCUT2D eigenvalue weighted by molar-refractivity contribution is 6.21. The van der Waals surface area contributed by atoms with Crippen LogP contribution in [0.25, 0.3) is 0 Å². The van der Waals surface area contributed by atoms with E-state index in [1.54, 1.807) is 31.3 Å². The van der Waals surface area contributed by atoms with E-state index in [-0.39, 0.29) is 11.8 Å². The molecule has 1 aromatic carbocycles. The summed E-state index contributed by atoms with van der Waals surface area (Å²) in [4.78, 5) is 33.0. The average Bonchev–Trinajstić information content (AvgIpc) is 2.72. The van der Waals surface area contributed by atoms with Crippen molar-refractivity contribution in [1.82, 2.24) is 14.9 Å². The summed E-state index contributed by atoms with van der Waals surface area (Å²) in [5, 5.41) is 6.00. The van der Waals surface area contributed by atoms with Crippen molar-refractivity contribution in [2.24, 2.45) is 0 Å². The second-order valence-corrected chi connectivity index (χ2v) is 4.59. The van der Waals surface area contributed by atoms with Crippen LogP contribution in [0.5, 0.6) is 0 Å². The molecule has 0 aliphatic carbocycles. The third-order valence-corrected chi connectivity index (χ3v) is 3.29. The summed E-state index contributed by atoms with van der Waals surface area (Å²) in [7, 11) is 3.24. The summed E-state index contributed by atoms with van der Waals surface area (Å²) in [5.41, 5.74) is 1.51. The number of nitrogens with zero attached hydrogens (tertiary/aromatic N) is 3. The van der Waals surface area contributed by atoms with Crippen molar-refractivity contribution in [2.45, 2.75) is 0 Å². The molecule has 1 aromatic heterocycles. The van der Waals surface area contributed by atoms with E-state index in [0.29, 0.717) is 28.5 Å². The fourth-order valence-corrected chi connectivity index (χ4v) is 2.15. The van der Waals surface area contributed by atoms with Crippen LogP contribution in [0.2, 0.25) is 0 Å². The number of fused-ring (bicyclic) bond motifs is 1. The first-order valence-corrected chi connectivity index (χ1v) is 6.33. The number of nitrogens with one attached hydrogen (secondary N) is 2. The second-order valence-electron chi connectivity index (χ2n) is 4.59. The van der Waals surface area contributed by atoms with E-state index in [2.05, 4.69) is 20.6 Å². The number of aromatic nitrogens is 2. The minimum absolute atomic E-state index is 0.277. The third-order valence-electron chi connectivity index (χ3n) is 3.29. The number of anilines is 3. The molecule has 2 N–H and O–H groups in total. The largest absolute Gasteiger partial charge is 0.373 e. The zero-order chi connectivity index (χ0) is 15.0. The number of amides is 2. The maximum atomic E-state index is 12.0. The van der Waals surface area contributed by atoms with Crippen LogP contribution in [0.4, 0.5) is 17.3 Å². The normalized spacial score (nSPS) is 13.3. The molecular weight excluding hydrogens is 270 g/mol. The molecule has 0 bridgehead atoms. The van der Waals surface area contributed by atoms with E-state index in [1.807, 2.05) is 0 Å². The predicted octanol–water partition coefficient (Wildman–Crippen LogP) is 1.49. The van der Waals surface area contributed by atoms with Gasteiger partial charge < -0.3 is 10.6 Å². The zero-order valence-electron chi connectivity index (χ0n) is 11.5. The molecule has 106 valence electrons. The number of hydrogen-bond acceptors (Lipinski definition) is 6. The molecule has 21 heavy (non-hydrogen) atoms. The van der Waals surface area contributed by atoms with E-state index in [1.165, 1.54) is 13.4 Å². The van der Waals surface area contributed by atoms with Gasteiger partial charge >= 0.3 is 0 Å². The Hall–Kier alpha value is -2.96. The predicted molar refractivity (Wildman–Crippen MR) is 77.7 cm³/mol. The van der Waals surface area contributed by atoms with Gasteiger partial charge in [0.25, 0.3) is 11.8 Å². The number of hydrogen-bond donors (Lipinski definition) is 2. The molecule has 2 heterocycles. The van der Waals surface area contributed by atoms with Crippen LogP contribution in [0.15, 0.2) is 30.6 Å². The summed E-state index contributed by atoms with van der Waals surface area (Å²) >= 11 is 0. The standard InChI is InChI=1S/C14H13N5O2/c1-15-11-6-12(17-7-16-11)18-8-3-4-9-10(5-8)14(21)19(2)13(9)20/h3-7H,1-2H3,(H2,15,16,17,18). The van der Waals surface area contributed by atoms with E-state index in [4.69, 9.17) is 0 Å². The van der Waals surface area contributed by atoms with Crippen molar-refractivity contribution in [3.8, 4) is 0 Å². The van der Waals surface area contributed by atoms with Gasteiger partial charge in [0.2, 0.25) is 0 Å². The molecule has 0 radical (unpaired) electrons. The molecular formula is C14H13N5O2. The molecule has 0 spiro atoms. The van der Waals surface area contributed by atoms with Gasteiger partial charge in [-0.25, -0.2) is 9.97 Å². The van der Waals surface area contributed by atoms with Gasteiger partial charge in [0.1, 0.15) is 18.0 Å². The van der Waals surface area contributed by atoms with Crippen LogP contribution in [0.1, 0.15) is 20.7 Å². The maximum absolute atomic E-state index is 12.0. The molecule has 0 atom stereocenters. The molecule has 0 unspecified atom stereocenters.